The molecule has 0 atom stereocenters. The highest BCUT2D eigenvalue weighted by atomic mass is 32.1. The minimum atomic E-state index is -5.01. The van der Waals surface area contributed by atoms with Crippen molar-refractivity contribution in [3.63, 3.8) is 0 Å². The Hall–Kier alpha value is -3.83. The maximum absolute atomic E-state index is 14.1. The van der Waals surface area contributed by atoms with Gasteiger partial charge in [0, 0.05) is 18.0 Å². The number of alkyl halides is 3. The highest BCUT2D eigenvalue weighted by molar-refractivity contribution is 7.09. The van der Waals surface area contributed by atoms with Gasteiger partial charge >= 0.3 is 12.1 Å². The van der Waals surface area contributed by atoms with E-state index in [4.69, 9.17) is 18.6 Å². The van der Waals surface area contributed by atoms with Crippen molar-refractivity contribution in [1.82, 2.24) is 4.90 Å². The Bertz CT molecular complexity index is 1510. The minimum absolute atomic E-state index is 0.0620. The van der Waals surface area contributed by atoms with Crippen LogP contribution in [0.5, 0.6) is 17.2 Å². The average molecular weight is 546 g/mol. The number of hydrogen-bond donors (Lipinski definition) is 0. The summed E-state index contributed by atoms with van der Waals surface area (Å²) in [4.78, 5) is 28.3. The molecule has 0 saturated heterocycles. The molecule has 4 aromatic rings. The highest BCUT2D eigenvalue weighted by Crippen LogP contribution is 2.41. The summed E-state index contributed by atoms with van der Waals surface area (Å²) in [6, 6.07) is 12.0. The Kier molecular flexibility index (Phi) is 7.13. The normalized spacial score (nSPS) is 13.7. The molecule has 0 saturated carbocycles. The number of rotatable bonds is 7. The molecule has 7 nitrogen and oxygen atoms in total. The molecule has 0 unspecified atom stereocenters. The van der Waals surface area contributed by atoms with Gasteiger partial charge in [-0.05, 0) is 54.3 Å². The smallest absolute Gasteiger partial charge is 0.453 e. The molecule has 0 bridgehead atoms. The van der Waals surface area contributed by atoms with Gasteiger partial charge in [0.05, 0.1) is 23.1 Å². The van der Waals surface area contributed by atoms with Crippen LogP contribution in [0.2, 0.25) is 0 Å². The van der Waals surface area contributed by atoms with Crippen molar-refractivity contribution in [2.45, 2.75) is 32.6 Å². The topological polar surface area (TPSA) is 78.2 Å². The SMILES string of the molecule is CCCOC(=O)c1ccc(Oc2c(C(F)(F)F)oc3c4c(ccc3c2=O)OCN(Cc2cccs2)C4)cc1. The first-order valence-corrected chi connectivity index (χ1v) is 12.6. The standard InChI is InChI=1S/C27H22F3NO6S/c1-2-11-34-26(33)16-5-7-17(8-6-16)36-24-22(32)19-9-10-21-20(23(19)37-25(24)27(28,29)30)14-31(15-35-21)13-18-4-3-12-38-18/h3-10,12H,2,11,13-15H2,1H3. The molecule has 3 heterocycles. The van der Waals surface area contributed by atoms with E-state index in [0.717, 1.165) is 4.88 Å². The molecule has 11 heteroatoms. The second-order valence-electron chi connectivity index (χ2n) is 8.61. The van der Waals surface area contributed by atoms with Gasteiger partial charge in [-0.1, -0.05) is 13.0 Å². The molecule has 1 aliphatic rings. The van der Waals surface area contributed by atoms with Crippen LogP contribution in [0.1, 0.15) is 39.9 Å². The number of esters is 1. The molecular weight excluding hydrogens is 523 g/mol. The second-order valence-corrected chi connectivity index (χ2v) is 9.64. The van der Waals surface area contributed by atoms with E-state index in [-0.39, 0.29) is 42.2 Å². The van der Waals surface area contributed by atoms with E-state index >= 15 is 0 Å². The van der Waals surface area contributed by atoms with Crippen molar-refractivity contribution >= 4 is 28.3 Å². The number of ether oxygens (including phenoxy) is 3. The number of carbonyl (C=O) groups excluding carboxylic acids is 1. The summed E-state index contributed by atoms with van der Waals surface area (Å²) < 4.78 is 63.9. The van der Waals surface area contributed by atoms with Crippen LogP contribution in [0.15, 0.2) is 63.1 Å². The molecule has 5 rings (SSSR count). The lowest BCUT2D eigenvalue weighted by Gasteiger charge is -2.29. The molecule has 2 aromatic carbocycles. The van der Waals surface area contributed by atoms with Crippen LogP contribution in [0.4, 0.5) is 13.2 Å². The van der Waals surface area contributed by atoms with Gasteiger partial charge in [-0.2, -0.15) is 13.2 Å². The predicted molar refractivity (Wildman–Crippen MR) is 134 cm³/mol. The zero-order valence-corrected chi connectivity index (χ0v) is 21.0. The predicted octanol–water partition coefficient (Wildman–Crippen LogP) is 6.58. The van der Waals surface area contributed by atoms with Gasteiger partial charge in [0.2, 0.25) is 11.2 Å². The Morgan fingerprint density at radius 1 is 1.13 bits per heavy atom. The Labute approximate surface area is 219 Å². The number of hydrogen-bond acceptors (Lipinski definition) is 8. The number of fused-ring (bicyclic) bond motifs is 3. The highest BCUT2D eigenvalue weighted by Gasteiger charge is 2.41. The van der Waals surface area contributed by atoms with E-state index in [2.05, 4.69) is 0 Å². The van der Waals surface area contributed by atoms with Gasteiger partial charge in [0.1, 0.15) is 23.8 Å². The second kappa shape index (κ2) is 10.5. The number of thiophene rings is 1. The molecule has 38 heavy (non-hydrogen) atoms. The summed E-state index contributed by atoms with van der Waals surface area (Å²) in [6.07, 6.45) is -4.37. The maximum atomic E-state index is 14.1. The lowest BCUT2D eigenvalue weighted by Crippen LogP contribution is -2.31. The van der Waals surface area contributed by atoms with Crippen LogP contribution in [0.3, 0.4) is 0 Å². The third kappa shape index (κ3) is 5.25. The van der Waals surface area contributed by atoms with E-state index in [1.807, 2.05) is 29.3 Å². The average Bonchev–Trinajstić information content (AvgIpc) is 3.41. The number of halogens is 3. The third-order valence-corrected chi connectivity index (χ3v) is 6.69. The molecule has 0 N–H and O–H groups in total. The zero-order valence-electron chi connectivity index (χ0n) is 20.2. The van der Waals surface area contributed by atoms with Crippen molar-refractivity contribution in [3.8, 4) is 17.2 Å². The fourth-order valence-corrected chi connectivity index (χ4v) is 4.80. The summed E-state index contributed by atoms with van der Waals surface area (Å²) in [5, 5.41) is 1.87. The monoisotopic (exact) mass is 545 g/mol. The zero-order chi connectivity index (χ0) is 26.9. The minimum Gasteiger partial charge on any atom is -0.478 e. The molecule has 0 amide bonds. The van der Waals surface area contributed by atoms with E-state index in [1.165, 1.54) is 30.3 Å². The van der Waals surface area contributed by atoms with E-state index < -0.39 is 29.1 Å². The third-order valence-electron chi connectivity index (χ3n) is 5.83. The number of benzene rings is 2. The lowest BCUT2D eigenvalue weighted by molar-refractivity contribution is -0.154. The number of nitrogens with zero attached hydrogens (tertiary/aromatic N) is 1. The first kappa shape index (κ1) is 25.8. The van der Waals surface area contributed by atoms with Crippen molar-refractivity contribution in [2.24, 2.45) is 0 Å². The number of carbonyl (C=O) groups is 1. The molecule has 1 aliphatic heterocycles. The lowest BCUT2D eigenvalue weighted by atomic mass is 10.1. The van der Waals surface area contributed by atoms with Crippen LogP contribution >= 0.6 is 11.3 Å². The summed E-state index contributed by atoms with van der Waals surface area (Å²) in [5.41, 5.74) is -0.610. The summed E-state index contributed by atoms with van der Waals surface area (Å²) in [6.45, 7) is 3.11. The van der Waals surface area contributed by atoms with Gasteiger partial charge in [0.15, 0.2) is 0 Å². The Morgan fingerprint density at radius 3 is 2.61 bits per heavy atom. The van der Waals surface area contributed by atoms with Gasteiger partial charge in [-0.25, -0.2) is 4.79 Å². The Balaban J connectivity index is 1.51. The molecule has 0 aliphatic carbocycles. The van der Waals surface area contributed by atoms with Crippen molar-refractivity contribution < 1.29 is 36.6 Å². The molecule has 0 fully saturated rings. The summed E-state index contributed by atoms with van der Waals surface area (Å²) >= 11 is 1.56. The van der Waals surface area contributed by atoms with E-state index in [1.54, 1.807) is 17.4 Å². The largest absolute Gasteiger partial charge is 0.478 e. The molecular formula is C27H22F3NO6S. The molecule has 0 spiro atoms. The first-order chi connectivity index (χ1) is 18.2. The quantitative estimate of drug-likeness (QED) is 0.243. The maximum Gasteiger partial charge on any atom is 0.453 e. The van der Waals surface area contributed by atoms with Crippen LogP contribution in [0.25, 0.3) is 11.0 Å². The fraction of sp³-hybridized carbons (Fsp3) is 0.259. The van der Waals surface area contributed by atoms with E-state index in [0.29, 0.717) is 24.3 Å². The van der Waals surface area contributed by atoms with Crippen LogP contribution < -0.4 is 14.9 Å². The van der Waals surface area contributed by atoms with Gasteiger partial charge < -0.3 is 18.6 Å². The van der Waals surface area contributed by atoms with Gasteiger partial charge in [0.25, 0.3) is 5.76 Å². The van der Waals surface area contributed by atoms with Crippen molar-refractivity contribution in [2.75, 3.05) is 13.3 Å². The van der Waals surface area contributed by atoms with Crippen molar-refractivity contribution in [3.05, 3.63) is 85.9 Å². The fourth-order valence-electron chi connectivity index (χ4n) is 4.05. The van der Waals surface area contributed by atoms with Crippen LogP contribution in [-0.2, 0) is 24.0 Å². The summed E-state index contributed by atoms with van der Waals surface area (Å²) in [7, 11) is 0. The van der Waals surface area contributed by atoms with Crippen LogP contribution in [0, 0.1) is 0 Å². The van der Waals surface area contributed by atoms with Gasteiger partial charge in [-0.3, -0.25) is 9.69 Å². The molecule has 0 radical (unpaired) electrons. The van der Waals surface area contributed by atoms with Gasteiger partial charge in [-0.15, -0.1) is 11.3 Å². The van der Waals surface area contributed by atoms with E-state index in [9.17, 15) is 22.8 Å². The molecule has 2 aromatic heterocycles. The molecule has 198 valence electrons. The Morgan fingerprint density at radius 2 is 1.92 bits per heavy atom. The first-order valence-electron chi connectivity index (χ1n) is 11.8. The summed E-state index contributed by atoms with van der Waals surface area (Å²) in [5.74, 6) is -2.82. The van der Waals surface area contributed by atoms with Crippen LogP contribution in [-0.4, -0.2) is 24.2 Å². The van der Waals surface area contributed by atoms with Crippen molar-refractivity contribution in [1.29, 1.82) is 0 Å².